The number of unbranched alkanes of at least 4 members (excludes halogenated alkanes) is 3. The van der Waals surface area contributed by atoms with E-state index in [0.29, 0.717) is 17.0 Å². The summed E-state index contributed by atoms with van der Waals surface area (Å²) in [5, 5.41) is 12.1. The van der Waals surface area contributed by atoms with Gasteiger partial charge >= 0.3 is 0 Å². The minimum absolute atomic E-state index is 0.360. The third-order valence-electron chi connectivity index (χ3n) is 2.40. The fourth-order valence-electron chi connectivity index (χ4n) is 1.33. The van der Waals surface area contributed by atoms with Crippen molar-refractivity contribution in [2.24, 2.45) is 5.10 Å². The zero-order valence-corrected chi connectivity index (χ0v) is 11.4. The maximum absolute atomic E-state index is 7.85. The second kappa shape index (κ2) is 8.74. The van der Waals surface area contributed by atoms with Gasteiger partial charge in [0, 0.05) is 6.54 Å². The van der Waals surface area contributed by atoms with Crippen LogP contribution in [0.2, 0.25) is 0 Å². The fraction of sp³-hybridized carbons (Fsp3) is 0.571. The van der Waals surface area contributed by atoms with E-state index in [9.17, 15) is 0 Å². The molecule has 3 heteroatoms. The van der Waals surface area contributed by atoms with Crippen LogP contribution in [-0.4, -0.2) is 18.0 Å². The lowest BCUT2D eigenvalue weighted by Crippen LogP contribution is -2.20. The Hall–Kier alpha value is -1.38. The van der Waals surface area contributed by atoms with Crippen molar-refractivity contribution >= 4 is 11.4 Å². The maximum Gasteiger partial charge on any atom is 0.110 e. The van der Waals surface area contributed by atoms with Gasteiger partial charge in [-0.1, -0.05) is 39.3 Å². The number of hydrazone groups is 1. The SMILES string of the molecule is C=C(C)C(=N)/C(=N\NCCCCCC)C(=C)C. The van der Waals surface area contributed by atoms with Crippen LogP contribution in [0.5, 0.6) is 0 Å². The van der Waals surface area contributed by atoms with E-state index in [2.05, 4.69) is 30.6 Å². The van der Waals surface area contributed by atoms with Crippen LogP contribution in [0.15, 0.2) is 29.4 Å². The van der Waals surface area contributed by atoms with Gasteiger partial charge in [-0.2, -0.15) is 5.10 Å². The molecule has 0 radical (unpaired) electrons. The molecule has 0 aromatic rings. The van der Waals surface area contributed by atoms with Crippen molar-refractivity contribution in [3.63, 3.8) is 0 Å². The molecule has 0 amide bonds. The smallest absolute Gasteiger partial charge is 0.110 e. The summed E-state index contributed by atoms with van der Waals surface area (Å²) in [7, 11) is 0. The van der Waals surface area contributed by atoms with Crippen molar-refractivity contribution in [1.82, 2.24) is 5.43 Å². The molecule has 0 bridgehead atoms. The second-order valence-electron chi connectivity index (χ2n) is 4.36. The van der Waals surface area contributed by atoms with Crippen LogP contribution >= 0.6 is 0 Å². The van der Waals surface area contributed by atoms with Crippen LogP contribution in [0.1, 0.15) is 46.5 Å². The van der Waals surface area contributed by atoms with E-state index < -0.39 is 0 Å². The molecule has 0 saturated carbocycles. The zero-order valence-electron chi connectivity index (χ0n) is 11.4. The summed E-state index contributed by atoms with van der Waals surface area (Å²) in [4.78, 5) is 0. The lowest BCUT2D eigenvalue weighted by atomic mass is 10.0. The Balaban J connectivity index is 4.19. The Morgan fingerprint density at radius 3 is 2.24 bits per heavy atom. The van der Waals surface area contributed by atoms with Crippen LogP contribution in [0.3, 0.4) is 0 Å². The van der Waals surface area contributed by atoms with Gasteiger partial charge in [-0.15, -0.1) is 0 Å². The third kappa shape index (κ3) is 6.72. The van der Waals surface area contributed by atoms with E-state index in [4.69, 9.17) is 5.41 Å². The summed E-state index contributed by atoms with van der Waals surface area (Å²) >= 11 is 0. The number of rotatable bonds is 9. The molecule has 0 heterocycles. The minimum Gasteiger partial charge on any atom is -0.309 e. The van der Waals surface area contributed by atoms with Gasteiger partial charge in [0.2, 0.25) is 0 Å². The molecular formula is C14H25N3. The molecule has 0 rings (SSSR count). The molecule has 0 atom stereocenters. The van der Waals surface area contributed by atoms with Gasteiger partial charge in [0.25, 0.3) is 0 Å². The summed E-state index contributed by atoms with van der Waals surface area (Å²) < 4.78 is 0. The number of nitrogens with zero attached hydrogens (tertiary/aromatic N) is 1. The van der Waals surface area contributed by atoms with Crippen molar-refractivity contribution in [3.8, 4) is 0 Å². The molecule has 0 aliphatic carbocycles. The summed E-state index contributed by atoms with van der Waals surface area (Å²) in [6.07, 6.45) is 4.83. The summed E-state index contributed by atoms with van der Waals surface area (Å²) in [6.45, 7) is 14.3. The highest BCUT2D eigenvalue weighted by molar-refractivity contribution is 6.51. The van der Waals surface area contributed by atoms with Gasteiger partial charge in [-0.3, -0.25) is 5.41 Å². The van der Waals surface area contributed by atoms with Gasteiger partial charge < -0.3 is 5.43 Å². The van der Waals surface area contributed by atoms with Crippen molar-refractivity contribution in [2.75, 3.05) is 6.54 Å². The van der Waals surface area contributed by atoms with E-state index >= 15 is 0 Å². The first-order valence-electron chi connectivity index (χ1n) is 6.21. The van der Waals surface area contributed by atoms with Gasteiger partial charge in [-0.05, 0) is 31.4 Å². The molecule has 2 N–H and O–H groups in total. The zero-order chi connectivity index (χ0) is 13.3. The van der Waals surface area contributed by atoms with Crippen molar-refractivity contribution in [3.05, 3.63) is 24.3 Å². The highest BCUT2D eigenvalue weighted by atomic mass is 15.3. The van der Waals surface area contributed by atoms with Gasteiger partial charge in [0.05, 0.1) is 5.71 Å². The van der Waals surface area contributed by atoms with E-state index in [0.717, 1.165) is 18.5 Å². The Morgan fingerprint density at radius 2 is 1.76 bits per heavy atom. The number of nitrogens with one attached hydrogen (secondary N) is 2. The predicted molar refractivity (Wildman–Crippen MR) is 76.9 cm³/mol. The standard InChI is InChI=1S/C14H25N3/c1-6-7-8-9-10-16-17-14(12(4)5)13(15)11(2)3/h15-16H,2,4,6-10H2,1,3,5H3/b15-13?,17-14-. The molecule has 96 valence electrons. The topological polar surface area (TPSA) is 48.2 Å². The first-order chi connectivity index (χ1) is 8.00. The van der Waals surface area contributed by atoms with Crippen LogP contribution in [0.25, 0.3) is 0 Å². The lowest BCUT2D eigenvalue weighted by Gasteiger charge is -2.08. The van der Waals surface area contributed by atoms with Crippen molar-refractivity contribution in [1.29, 1.82) is 5.41 Å². The monoisotopic (exact) mass is 235 g/mol. The van der Waals surface area contributed by atoms with Crippen molar-refractivity contribution in [2.45, 2.75) is 46.5 Å². The molecular weight excluding hydrogens is 210 g/mol. The normalized spacial score (nSPS) is 11.1. The largest absolute Gasteiger partial charge is 0.309 e. The van der Waals surface area contributed by atoms with Crippen LogP contribution in [-0.2, 0) is 0 Å². The molecule has 0 aliphatic rings. The molecule has 0 aromatic heterocycles. The van der Waals surface area contributed by atoms with Gasteiger partial charge in [0.1, 0.15) is 5.71 Å². The Morgan fingerprint density at radius 1 is 1.12 bits per heavy atom. The molecule has 0 unspecified atom stereocenters. The van der Waals surface area contributed by atoms with E-state index in [-0.39, 0.29) is 0 Å². The fourth-order valence-corrected chi connectivity index (χ4v) is 1.33. The second-order valence-corrected chi connectivity index (χ2v) is 4.36. The first-order valence-corrected chi connectivity index (χ1v) is 6.21. The molecule has 17 heavy (non-hydrogen) atoms. The highest BCUT2D eigenvalue weighted by Gasteiger charge is 2.08. The van der Waals surface area contributed by atoms with Gasteiger partial charge in [0.15, 0.2) is 0 Å². The number of hydrogen-bond acceptors (Lipinski definition) is 3. The van der Waals surface area contributed by atoms with E-state index in [1.54, 1.807) is 0 Å². The Bertz CT molecular complexity index is 313. The molecule has 0 saturated heterocycles. The van der Waals surface area contributed by atoms with E-state index in [1.165, 1.54) is 19.3 Å². The van der Waals surface area contributed by atoms with E-state index in [1.807, 2.05) is 13.8 Å². The minimum atomic E-state index is 0.360. The predicted octanol–water partition coefficient (Wildman–Crippen LogP) is 3.68. The molecule has 0 spiro atoms. The first kappa shape index (κ1) is 15.6. The Kier molecular flexibility index (Phi) is 8.03. The summed E-state index contributed by atoms with van der Waals surface area (Å²) in [5.74, 6) is 0. The summed E-state index contributed by atoms with van der Waals surface area (Å²) in [5.41, 5.74) is 5.47. The van der Waals surface area contributed by atoms with Gasteiger partial charge in [-0.25, -0.2) is 0 Å². The average molecular weight is 235 g/mol. The molecule has 0 aliphatic heterocycles. The molecule has 3 nitrogen and oxygen atoms in total. The maximum atomic E-state index is 7.85. The van der Waals surface area contributed by atoms with Crippen LogP contribution in [0, 0.1) is 5.41 Å². The third-order valence-corrected chi connectivity index (χ3v) is 2.40. The number of hydrogen-bond donors (Lipinski definition) is 2. The quantitative estimate of drug-likeness (QED) is 0.357. The average Bonchev–Trinajstić information content (AvgIpc) is 2.26. The summed E-state index contributed by atoms with van der Waals surface area (Å²) in [6, 6.07) is 0. The van der Waals surface area contributed by atoms with Crippen LogP contribution < -0.4 is 5.43 Å². The highest BCUT2D eigenvalue weighted by Crippen LogP contribution is 2.02. The molecule has 0 aromatic carbocycles. The Labute approximate surface area is 105 Å². The molecule has 0 fully saturated rings. The number of allylic oxidation sites excluding steroid dienone is 2. The van der Waals surface area contributed by atoms with Crippen LogP contribution in [0.4, 0.5) is 0 Å². The lowest BCUT2D eigenvalue weighted by molar-refractivity contribution is 0.615. The van der Waals surface area contributed by atoms with Crippen molar-refractivity contribution < 1.29 is 0 Å².